The van der Waals surface area contributed by atoms with Crippen LogP contribution in [0.4, 0.5) is 5.69 Å². The topological polar surface area (TPSA) is 21.3 Å². The van der Waals surface area contributed by atoms with Gasteiger partial charge in [-0.15, -0.1) is 0 Å². The lowest BCUT2D eigenvalue weighted by Crippen LogP contribution is -2.64. The van der Waals surface area contributed by atoms with Crippen molar-refractivity contribution in [3.63, 3.8) is 0 Å². The van der Waals surface area contributed by atoms with E-state index in [4.69, 9.17) is 4.74 Å². The fourth-order valence-electron chi connectivity index (χ4n) is 3.87. The zero-order valence-electron chi connectivity index (χ0n) is 12.6. The molecule has 2 nitrogen and oxygen atoms in total. The van der Waals surface area contributed by atoms with Crippen LogP contribution in [0, 0.1) is 19.3 Å². The highest BCUT2D eigenvalue weighted by Gasteiger charge is 2.58. The molecule has 2 unspecified atom stereocenters. The van der Waals surface area contributed by atoms with Crippen molar-refractivity contribution in [3.8, 4) is 0 Å². The minimum Gasteiger partial charge on any atom is -0.382 e. The molecular formula is C17H24BrNO. The summed E-state index contributed by atoms with van der Waals surface area (Å²) < 4.78 is 7.15. The number of halogens is 1. The fraction of sp³-hybridized carbons (Fsp3) is 0.647. The van der Waals surface area contributed by atoms with E-state index in [0.717, 1.165) is 13.0 Å². The van der Waals surface area contributed by atoms with Gasteiger partial charge in [0.2, 0.25) is 0 Å². The first kappa shape index (κ1) is 14.4. The van der Waals surface area contributed by atoms with Crippen LogP contribution in [-0.4, -0.2) is 18.8 Å². The summed E-state index contributed by atoms with van der Waals surface area (Å²) in [7, 11) is 0. The molecule has 1 spiro atoms. The molecule has 2 aliphatic rings. The molecule has 0 heterocycles. The molecule has 20 heavy (non-hydrogen) atoms. The summed E-state index contributed by atoms with van der Waals surface area (Å²) in [6, 6.07) is 5.09. The third-order valence-corrected chi connectivity index (χ3v) is 6.47. The number of anilines is 1. The molecule has 1 aromatic rings. The summed E-state index contributed by atoms with van der Waals surface area (Å²) >= 11 is 3.64. The van der Waals surface area contributed by atoms with E-state index >= 15 is 0 Å². The maximum absolute atomic E-state index is 5.92. The third-order valence-electron chi connectivity index (χ3n) is 5.21. The standard InChI is InChI=1S/C17H24BrNO/c1-4-20-15-10-14(17(15)6-5-7-17)19-13-8-11(2)16(18)12(3)9-13/h8-9,14-15,19H,4-7,10H2,1-3H3. The number of aryl methyl sites for hydroxylation is 2. The Hall–Kier alpha value is -0.540. The van der Waals surface area contributed by atoms with Crippen molar-refractivity contribution in [2.75, 3.05) is 11.9 Å². The Kier molecular flexibility index (Phi) is 3.85. The predicted molar refractivity (Wildman–Crippen MR) is 87.3 cm³/mol. The summed E-state index contributed by atoms with van der Waals surface area (Å²) in [6.07, 6.45) is 5.65. The van der Waals surface area contributed by atoms with Crippen molar-refractivity contribution in [3.05, 3.63) is 27.7 Å². The fourth-order valence-corrected chi connectivity index (χ4v) is 4.10. The van der Waals surface area contributed by atoms with E-state index in [-0.39, 0.29) is 0 Å². The van der Waals surface area contributed by atoms with Crippen molar-refractivity contribution in [1.82, 2.24) is 0 Å². The van der Waals surface area contributed by atoms with E-state index in [9.17, 15) is 0 Å². The molecule has 0 aromatic heterocycles. The Labute approximate surface area is 130 Å². The summed E-state index contributed by atoms with van der Waals surface area (Å²) in [6.45, 7) is 7.26. The van der Waals surface area contributed by atoms with Crippen LogP contribution in [0.5, 0.6) is 0 Å². The maximum Gasteiger partial charge on any atom is 0.0670 e. The van der Waals surface area contributed by atoms with Gasteiger partial charge in [-0.25, -0.2) is 0 Å². The number of benzene rings is 1. The highest BCUT2D eigenvalue weighted by atomic mass is 79.9. The first-order chi connectivity index (χ1) is 9.56. The summed E-state index contributed by atoms with van der Waals surface area (Å²) in [4.78, 5) is 0. The average molecular weight is 338 g/mol. The van der Waals surface area contributed by atoms with Gasteiger partial charge in [-0.2, -0.15) is 0 Å². The molecule has 0 radical (unpaired) electrons. The van der Waals surface area contributed by atoms with E-state index in [1.807, 2.05) is 0 Å². The first-order valence-electron chi connectivity index (χ1n) is 7.71. The molecule has 0 saturated heterocycles. The molecule has 110 valence electrons. The van der Waals surface area contributed by atoms with Crippen LogP contribution in [0.1, 0.15) is 43.7 Å². The van der Waals surface area contributed by atoms with Gasteiger partial charge in [0.15, 0.2) is 0 Å². The minimum absolute atomic E-state index is 0.422. The van der Waals surface area contributed by atoms with Gasteiger partial charge < -0.3 is 10.1 Å². The average Bonchev–Trinajstić information content (AvgIpc) is 2.32. The molecule has 1 aromatic carbocycles. The SMILES string of the molecule is CCOC1CC(Nc2cc(C)c(Br)c(C)c2)C12CCC2. The number of hydrogen-bond acceptors (Lipinski definition) is 2. The van der Waals surface area contributed by atoms with Crippen LogP contribution in [-0.2, 0) is 4.74 Å². The quantitative estimate of drug-likeness (QED) is 0.849. The second-order valence-corrected chi connectivity index (χ2v) is 7.18. The molecular weight excluding hydrogens is 314 g/mol. The third kappa shape index (κ3) is 2.19. The molecule has 2 atom stereocenters. The molecule has 2 fully saturated rings. The lowest BCUT2D eigenvalue weighted by atomic mass is 9.51. The largest absolute Gasteiger partial charge is 0.382 e. The van der Waals surface area contributed by atoms with E-state index in [1.165, 1.54) is 40.5 Å². The number of ether oxygens (including phenoxy) is 1. The van der Waals surface area contributed by atoms with Gasteiger partial charge in [0, 0.05) is 28.2 Å². The normalized spacial score (nSPS) is 27.0. The molecule has 2 aliphatic carbocycles. The Bertz CT molecular complexity index is 487. The highest BCUT2D eigenvalue weighted by Crippen LogP contribution is 2.58. The van der Waals surface area contributed by atoms with Crippen molar-refractivity contribution in [2.24, 2.45) is 5.41 Å². The molecule has 1 N–H and O–H groups in total. The molecule has 3 heteroatoms. The van der Waals surface area contributed by atoms with Crippen LogP contribution < -0.4 is 5.32 Å². The molecule has 3 rings (SSSR count). The second-order valence-electron chi connectivity index (χ2n) is 6.39. The van der Waals surface area contributed by atoms with Crippen molar-refractivity contribution in [1.29, 1.82) is 0 Å². The lowest BCUT2D eigenvalue weighted by Gasteiger charge is -2.61. The smallest absolute Gasteiger partial charge is 0.0670 e. The number of rotatable bonds is 4. The van der Waals surface area contributed by atoms with Crippen molar-refractivity contribution in [2.45, 2.75) is 58.6 Å². The summed E-state index contributed by atoms with van der Waals surface area (Å²) in [5.74, 6) is 0. The zero-order chi connectivity index (χ0) is 14.3. The second kappa shape index (κ2) is 5.34. The Morgan fingerprint density at radius 3 is 2.45 bits per heavy atom. The van der Waals surface area contributed by atoms with E-state index in [2.05, 4.69) is 54.2 Å². The van der Waals surface area contributed by atoms with E-state index in [0.29, 0.717) is 17.6 Å². The van der Waals surface area contributed by atoms with Crippen LogP contribution >= 0.6 is 15.9 Å². The minimum atomic E-state index is 0.422. The van der Waals surface area contributed by atoms with Gasteiger partial charge in [0.25, 0.3) is 0 Å². The Balaban J connectivity index is 1.73. The molecule has 0 amide bonds. The monoisotopic (exact) mass is 337 g/mol. The van der Waals surface area contributed by atoms with Crippen molar-refractivity contribution < 1.29 is 4.74 Å². The van der Waals surface area contributed by atoms with Crippen molar-refractivity contribution >= 4 is 21.6 Å². The Morgan fingerprint density at radius 1 is 1.30 bits per heavy atom. The highest BCUT2D eigenvalue weighted by molar-refractivity contribution is 9.10. The molecule has 2 saturated carbocycles. The molecule has 0 bridgehead atoms. The molecule has 0 aliphatic heterocycles. The summed E-state index contributed by atoms with van der Waals surface area (Å²) in [5.41, 5.74) is 4.28. The van der Waals surface area contributed by atoms with Gasteiger partial charge in [0.1, 0.15) is 0 Å². The van der Waals surface area contributed by atoms with Gasteiger partial charge in [-0.1, -0.05) is 22.4 Å². The number of nitrogens with one attached hydrogen (secondary N) is 1. The van der Waals surface area contributed by atoms with Gasteiger partial charge in [0.05, 0.1) is 6.10 Å². The van der Waals surface area contributed by atoms with E-state index in [1.54, 1.807) is 0 Å². The van der Waals surface area contributed by atoms with Gasteiger partial charge >= 0.3 is 0 Å². The Morgan fingerprint density at radius 2 is 1.95 bits per heavy atom. The van der Waals surface area contributed by atoms with Crippen LogP contribution in [0.15, 0.2) is 16.6 Å². The van der Waals surface area contributed by atoms with Crippen LogP contribution in [0.2, 0.25) is 0 Å². The first-order valence-corrected chi connectivity index (χ1v) is 8.51. The van der Waals surface area contributed by atoms with Crippen LogP contribution in [0.3, 0.4) is 0 Å². The predicted octanol–water partition coefficient (Wildman–Crippen LogP) is 4.83. The number of hydrogen-bond donors (Lipinski definition) is 1. The zero-order valence-corrected chi connectivity index (χ0v) is 14.2. The lowest BCUT2D eigenvalue weighted by molar-refractivity contribution is -0.157. The van der Waals surface area contributed by atoms with Gasteiger partial charge in [-0.05, 0) is 63.3 Å². The van der Waals surface area contributed by atoms with Crippen LogP contribution in [0.25, 0.3) is 0 Å². The van der Waals surface area contributed by atoms with Gasteiger partial charge in [-0.3, -0.25) is 0 Å². The summed E-state index contributed by atoms with van der Waals surface area (Å²) in [5, 5.41) is 3.77. The maximum atomic E-state index is 5.92. The van der Waals surface area contributed by atoms with E-state index < -0.39 is 0 Å².